The van der Waals surface area contributed by atoms with Gasteiger partial charge in [-0.3, -0.25) is 24.5 Å². The van der Waals surface area contributed by atoms with Gasteiger partial charge in [0.2, 0.25) is 5.91 Å². The van der Waals surface area contributed by atoms with E-state index in [2.05, 4.69) is 22.2 Å². The summed E-state index contributed by atoms with van der Waals surface area (Å²) in [5, 5.41) is 2.89. The largest absolute Gasteiger partial charge is 0.336 e. The van der Waals surface area contributed by atoms with Crippen LogP contribution in [0.1, 0.15) is 43.9 Å². The molecule has 4 rings (SSSR count). The lowest BCUT2D eigenvalue weighted by atomic mass is 9.77. The molecule has 2 aromatic heterocycles. The van der Waals surface area contributed by atoms with Crippen molar-refractivity contribution in [3.63, 3.8) is 0 Å². The highest BCUT2D eigenvalue weighted by atomic mass is 16.2. The summed E-state index contributed by atoms with van der Waals surface area (Å²) in [4.78, 5) is 50.2. The van der Waals surface area contributed by atoms with Gasteiger partial charge in [0.15, 0.2) is 0 Å². The minimum Gasteiger partial charge on any atom is -0.336 e. The summed E-state index contributed by atoms with van der Waals surface area (Å²) in [6.07, 6.45) is 8.72. The molecule has 2 aliphatic rings. The Morgan fingerprint density at radius 1 is 1.16 bits per heavy atom. The molecule has 3 heterocycles. The quantitative estimate of drug-likeness (QED) is 0.675. The zero-order chi connectivity index (χ0) is 22.6. The molecule has 1 aliphatic heterocycles. The third-order valence-electron chi connectivity index (χ3n) is 6.51. The number of rotatable bonds is 7. The van der Waals surface area contributed by atoms with E-state index in [9.17, 15) is 14.4 Å². The second-order valence-corrected chi connectivity index (χ2v) is 8.83. The average molecular weight is 436 g/mol. The summed E-state index contributed by atoms with van der Waals surface area (Å²) in [5.74, 6) is 0.0160. The fourth-order valence-electron chi connectivity index (χ4n) is 4.44. The zero-order valence-electron chi connectivity index (χ0n) is 18.4. The molecule has 8 nitrogen and oxygen atoms in total. The molecule has 0 atom stereocenters. The highest BCUT2D eigenvalue weighted by Gasteiger charge is 2.52. The van der Waals surface area contributed by atoms with Crippen LogP contribution in [0.4, 0.5) is 4.79 Å². The maximum Gasteiger partial charge on any atom is 0.325 e. The van der Waals surface area contributed by atoms with E-state index in [1.807, 2.05) is 30.3 Å². The number of urea groups is 1. The van der Waals surface area contributed by atoms with Crippen LogP contribution in [0.25, 0.3) is 0 Å². The van der Waals surface area contributed by atoms with Crippen molar-refractivity contribution in [3.05, 3.63) is 60.2 Å². The second kappa shape index (κ2) is 9.46. The van der Waals surface area contributed by atoms with Crippen LogP contribution in [0.5, 0.6) is 0 Å². The van der Waals surface area contributed by atoms with Crippen molar-refractivity contribution >= 4 is 17.8 Å². The van der Waals surface area contributed by atoms with Crippen molar-refractivity contribution in [2.24, 2.45) is 5.92 Å². The van der Waals surface area contributed by atoms with Gasteiger partial charge in [0.1, 0.15) is 12.1 Å². The Labute approximate surface area is 188 Å². The lowest BCUT2D eigenvalue weighted by molar-refractivity contribution is -0.140. The number of carbonyl (C=O) groups excluding carboxylic acids is 3. The van der Waals surface area contributed by atoms with Crippen molar-refractivity contribution < 1.29 is 14.4 Å². The molecule has 0 bridgehead atoms. The van der Waals surface area contributed by atoms with Gasteiger partial charge in [-0.1, -0.05) is 13.0 Å². The van der Waals surface area contributed by atoms with Crippen LogP contribution in [-0.4, -0.2) is 56.2 Å². The summed E-state index contributed by atoms with van der Waals surface area (Å²) in [6.45, 7) is 2.72. The molecular weight excluding hydrogens is 406 g/mol. The summed E-state index contributed by atoms with van der Waals surface area (Å²) < 4.78 is 0. The predicted octanol–water partition coefficient (Wildman–Crippen LogP) is 2.55. The van der Waals surface area contributed by atoms with Crippen molar-refractivity contribution in [1.29, 1.82) is 0 Å². The third kappa shape index (κ3) is 4.79. The topological polar surface area (TPSA) is 95.5 Å². The number of aromatic nitrogens is 2. The molecule has 168 valence electrons. The minimum atomic E-state index is -0.840. The van der Waals surface area contributed by atoms with Crippen LogP contribution in [0.2, 0.25) is 0 Å². The molecule has 2 fully saturated rings. The van der Waals surface area contributed by atoms with E-state index < -0.39 is 11.6 Å². The second-order valence-electron chi connectivity index (χ2n) is 8.83. The number of hydrogen-bond donors (Lipinski definition) is 1. The minimum absolute atomic E-state index is 0.255. The molecule has 0 unspecified atom stereocenters. The van der Waals surface area contributed by atoms with Crippen LogP contribution in [-0.2, 0) is 22.6 Å². The third-order valence-corrected chi connectivity index (χ3v) is 6.51. The number of pyridine rings is 2. The van der Waals surface area contributed by atoms with Gasteiger partial charge in [0.05, 0.1) is 0 Å². The van der Waals surface area contributed by atoms with Gasteiger partial charge < -0.3 is 10.2 Å². The molecule has 1 aliphatic carbocycles. The highest BCUT2D eigenvalue weighted by Crippen LogP contribution is 2.36. The number of imide groups is 1. The van der Waals surface area contributed by atoms with Gasteiger partial charge in [0.25, 0.3) is 5.91 Å². The molecular formula is C24H29N5O3. The van der Waals surface area contributed by atoms with Crippen molar-refractivity contribution in [1.82, 2.24) is 25.1 Å². The predicted molar refractivity (Wildman–Crippen MR) is 118 cm³/mol. The van der Waals surface area contributed by atoms with Gasteiger partial charge in [-0.05, 0) is 61.4 Å². The van der Waals surface area contributed by atoms with Crippen molar-refractivity contribution in [2.75, 3.05) is 13.1 Å². The monoisotopic (exact) mass is 435 g/mol. The van der Waals surface area contributed by atoms with E-state index >= 15 is 0 Å². The maximum absolute atomic E-state index is 13.3. The van der Waals surface area contributed by atoms with Gasteiger partial charge in [-0.25, -0.2) is 4.79 Å². The lowest BCUT2D eigenvalue weighted by Crippen LogP contribution is -2.50. The Morgan fingerprint density at radius 3 is 2.59 bits per heavy atom. The Kier molecular flexibility index (Phi) is 6.48. The van der Waals surface area contributed by atoms with Crippen molar-refractivity contribution in [2.45, 2.75) is 51.1 Å². The maximum atomic E-state index is 13.3. The summed E-state index contributed by atoms with van der Waals surface area (Å²) in [6, 6.07) is 8.92. The fourth-order valence-corrected chi connectivity index (χ4v) is 4.44. The molecule has 1 saturated heterocycles. The van der Waals surface area contributed by atoms with E-state index in [1.54, 1.807) is 23.5 Å². The van der Waals surface area contributed by atoms with E-state index in [0.717, 1.165) is 29.0 Å². The van der Waals surface area contributed by atoms with Crippen LogP contribution in [0, 0.1) is 5.92 Å². The van der Waals surface area contributed by atoms with Gasteiger partial charge in [-0.2, -0.15) is 0 Å². The van der Waals surface area contributed by atoms with Crippen LogP contribution in [0.3, 0.4) is 0 Å². The Balaban J connectivity index is 1.46. The summed E-state index contributed by atoms with van der Waals surface area (Å²) >= 11 is 0. The molecule has 1 N–H and O–H groups in total. The van der Waals surface area contributed by atoms with Gasteiger partial charge in [0, 0.05) is 43.8 Å². The van der Waals surface area contributed by atoms with E-state index in [-0.39, 0.29) is 18.4 Å². The Morgan fingerprint density at radius 2 is 1.91 bits per heavy atom. The average Bonchev–Trinajstić information content (AvgIpc) is 3.04. The Bertz CT molecular complexity index is 958. The number of hydrogen-bond acceptors (Lipinski definition) is 5. The summed E-state index contributed by atoms with van der Waals surface area (Å²) in [5.41, 5.74) is 0.975. The van der Waals surface area contributed by atoms with Gasteiger partial charge >= 0.3 is 6.03 Å². The number of nitrogens with zero attached hydrogens (tertiary/aromatic N) is 4. The molecule has 1 saturated carbocycles. The van der Waals surface area contributed by atoms with Gasteiger partial charge in [-0.15, -0.1) is 0 Å². The van der Waals surface area contributed by atoms with Crippen LogP contribution in [0.15, 0.2) is 48.9 Å². The first-order chi connectivity index (χ1) is 15.5. The smallest absolute Gasteiger partial charge is 0.325 e. The SMILES string of the molecule is CC1CCC2(CC1)NC(=O)N(CC(=O)N(CCc1ccccn1)Cc1ccncc1)C2=O. The first kappa shape index (κ1) is 21.9. The molecule has 32 heavy (non-hydrogen) atoms. The number of amides is 4. The number of nitrogens with one attached hydrogen (secondary N) is 1. The fraction of sp³-hybridized carbons (Fsp3) is 0.458. The molecule has 0 aromatic carbocycles. The van der Waals surface area contributed by atoms with E-state index in [0.29, 0.717) is 38.3 Å². The van der Waals surface area contributed by atoms with E-state index in [1.165, 1.54) is 0 Å². The zero-order valence-corrected chi connectivity index (χ0v) is 18.4. The van der Waals surface area contributed by atoms with Crippen LogP contribution >= 0.6 is 0 Å². The van der Waals surface area contributed by atoms with Crippen molar-refractivity contribution in [3.8, 4) is 0 Å². The normalized spacial score (nSPS) is 22.8. The van der Waals surface area contributed by atoms with E-state index in [4.69, 9.17) is 0 Å². The highest BCUT2D eigenvalue weighted by molar-refractivity contribution is 6.09. The lowest BCUT2D eigenvalue weighted by Gasteiger charge is -2.33. The molecule has 1 spiro atoms. The molecule has 8 heteroatoms. The first-order valence-corrected chi connectivity index (χ1v) is 11.2. The summed E-state index contributed by atoms with van der Waals surface area (Å²) in [7, 11) is 0. The first-order valence-electron chi connectivity index (χ1n) is 11.2. The molecule has 4 amide bonds. The molecule has 2 aromatic rings. The standard InChI is InChI=1S/C24H29N5O3/c1-18-5-10-24(11-6-18)22(31)29(23(32)27-24)17-21(30)28(16-19-7-13-25-14-8-19)15-9-20-4-2-3-12-26-20/h2-4,7-8,12-14,18H,5-6,9-11,15-17H2,1H3,(H,27,32). The molecule has 0 radical (unpaired) electrons. The Hall–Kier alpha value is -3.29. The number of carbonyl (C=O) groups is 3. The van der Waals surface area contributed by atoms with Crippen LogP contribution < -0.4 is 5.32 Å².